The van der Waals surface area contributed by atoms with Crippen LogP contribution in [0, 0.1) is 13.8 Å². The number of halogens is 1. The van der Waals surface area contributed by atoms with Gasteiger partial charge in [0.05, 0.1) is 17.3 Å². The SMILES string of the molecule is Cc1cc(C)c(NC(=O)CN(C)Cc2ccccc2N2CCCCC2)c(Cl)c1. The number of rotatable bonds is 6. The van der Waals surface area contributed by atoms with E-state index in [2.05, 4.69) is 39.4 Å². The smallest absolute Gasteiger partial charge is 0.238 e. The van der Waals surface area contributed by atoms with Gasteiger partial charge in [-0.3, -0.25) is 9.69 Å². The number of hydrogen-bond donors (Lipinski definition) is 1. The lowest BCUT2D eigenvalue weighted by atomic mass is 10.1. The van der Waals surface area contributed by atoms with Gasteiger partial charge in [-0.25, -0.2) is 0 Å². The summed E-state index contributed by atoms with van der Waals surface area (Å²) >= 11 is 6.32. The van der Waals surface area contributed by atoms with Gasteiger partial charge < -0.3 is 10.2 Å². The lowest BCUT2D eigenvalue weighted by Gasteiger charge is -2.31. The van der Waals surface area contributed by atoms with Gasteiger partial charge in [0.1, 0.15) is 0 Å². The molecule has 1 amide bonds. The van der Waals surface area contributed by atoms with Crippen LogP contribution >= 0.6 is 11.6 Å². The maximum absolute atomic E-state index is 12.6. The van der Waals surface area contributed by atoms with E-state index in [0.717, 1.165) is 30.8 Å². The van der Waals surface area contributed by atoms with Crippen LogP contribution in [-0.4, -0.2) is 37.5 Å². The van der Waals surface area contributed by atoms with Crippen LogP contribution < -0.4 is 10.2 Å². The summed E-state index contributed by atoms with van der Waals surface area (Å²) in [4.78, 5) is 17.1. The number of amides is 1. The molecule has 0 saturated carbocycles. The monoisotopic (exact) mass is 399 g/mol. The second-order valence-electron chi connectivity index (χ2n) is 7.84. The number of likely N-dealkylation sites (N-methyl/N-ethyl adjacent to an activating group) is 1. The Morgan fingerprint density at radius 3 is 2.57 bits per heavy atom. The second-order valence-corrected chi connectivity index (χ2v) is 8.24. The molecular formula is C23H30ClN3O. The zero-order chi connectivity index (χ0) is 20.1. The molecule has 28 heavy (non-hydrogen) atoms. The number of nitrogens with one attached hydrogen (secondary N) is 1. The number of hydrogen-bond acceptors (Lipinski definition) is 3. The molecule has 3 rings (SSSR count). The van der Waals surface area contributed by atoms with Gasteiger partial charge in [0.15, 0.2) is 0 Å². The summed E-state index contributed by atoms with van der Waals surface area (Å²) in [5.41, 5.74) is 5.35. The van der Waals surface area contributed by atoms with Crippen LogP contribution in [0.2, 0.25) is 5.02 Å². The highest BCUT2D eigenvalue weighted by Crippen LogP contribution is 2.28. The summed E-state index contributed by atoms with van der Waals surface area (Å²) in [5, 5.41) is 3.56. The molecule has 0 aliphatic carbocycles. The van der Waals surface area contributed by atoms with Crippen LogP contribution in [0.1, 0.15) is 36.0 Å². The molecule has 0 bridgehead atoms. The Morgan fingerprint density at radius 2 is 1.86 bits per heavy atom. The molecule has 0 aromatic heterocycles. The standard InChI is InChI=1S/C23H30ClN3O/c1-17-13-18(2)23(20(24)14-17)25-22(28)16-26(3)15-19-9-5-6-10-21(19)27-11-7-4-8-12-27/h5-6,9-10,13-14H,4,7-8,11-12,15-16H2,1-3H3,(H,25,28). The highest BCUT2D eigenvalue weighted by Gasteiger charge is 2.16. The molecule has 2 aromatic rings. The number of carbonyl (C=O) groups is 1. The maximum Gasteiger partial charge on any atom is 0.238 e. The van der Waals surface area contributed by atoms with E-state index in [1.165, 1.54) is 30.5 Å². The zero-order valence-electron chi connectivity index (χ0n) is 17.1. The van der Waals surface area contributed by atoms with Crippen molar-refractivity contribution in [3.63, 3.8) is 0 Å². The number of anilines is 2. The van der Waals surface area contributed by atoms with Crippen molar-refractivity contribution in [1.82, 2.24) is 4.90 Å². The van der Waals surface area contributed by atoms with E-state index in [1.807, 2.05) is 33.0 Å². The lowest BCUT2D eigenvalue weighted by molar-refractivity contribution is -0.117. The summed E-state index contributed by atoms with van der Waals surface area (Å²) in [6.07, 6.45) is 3.83. The van der Waals surface area contributed by atoms with Crippen molar-refractivity contribution < 1.29 is 4.79 Å². The van der Waals surface area contributed by atoms with Gasteiger partial charge in [-0.1, -0.05) is 35.9 Å². The van der Waals surface area contributed by atoms with E-state index in [0.29, 0.717) is 17.3 Å². The van der Waals surface area contributed by atoms with Gasteiger partial charge in [-0.05, 0) is 69.0 Å². The Kier molecular flexibility index (Phi) is 6.97. The van der Waals surface area contributed by atoms with E-state index in [4.69, 9.17) is 11.6 Å². The van der Waals surface area contributed by atoms with Crippen LogP contribution in [0.3, 0.4) is 0 Å². The van der Waals surface area contributed by atoms with Gasteiger partial charge in [0.25, 0.3) is 0 Å². The minimum absolute atomic E-state index is 0.0493. The van der Waals surface area contributed by atoms with E-state index in [-0.39, 0.29) is 5.91 Å². The van der Waals surface area contributed by atoms with Crippen LogP contribution in [0.4, 0.5) is 11.4 Å². The Labute approximate surface area is 173 Å². The minimum atomic E-state index is -0.0493. The van der Waals surface area contributed by atoms with Crippen LogP contribution in [-0.2, 0) is 11.3 Å². The van der Waals surface area contributed by atoms with Crippen molar-refractivity contribution in [2.45, 2.75) is 39.7 Å². The summed E-state index contributed by atoms with van der Waals surface area (Å²) in [7, 11) is 1.98. The van der Waals surface area contributed by atoms with Crippen molar-refractivity contribution in [2.75, 3.05) is 36.9 Å². The van der Waals surface area contributed by atoms with Gasteiger partial charge in [0.2, 0.25) is 5.91 Å². The third-order valence-corrected chi connectivity index (χ3v) is 5.54. The maximum atomic E-state index is 12.6. The average Bonchev–Trinajstić information content (AvgIpc) is 2.65. The minimum Gasteiger partial charge on any atom is -0.371 e. The first-order chi connectivity index (χ1) is 13.4. The highest BCUT2D eigenvalue weighted by molar-refractivity contribution is 6.34. The first-order valence-electron chi connectivity index (χ1n) is 10.0. The number of benzene rings is 2. The molecule has 0 radical (unpaired) electrons. The summed E-state index contributed by atoms with van der Waals surface area (Å²) in [6, 6.07) is 12.4. The third kappa shape index (κ3) is 5.27. The van der Waals surface area contributed by atoms with E-state index in [1.54, 1.807) is 0 Å². The molecular weight excluding hydrogens is 370 g/mol. The van der Waals surface area contributed by atoms with Crippen molar-refractivity contribution >= 4 is 28.9 Å². The third-order valence-electron chi connectivity index (χ3n) is 5.24. The van der Waals surface area contributed by atoms with Crippen molar-refractivity contribution in [1.29, 1.82) is 0 Å². The Hall–Kier alpha value is -2.04. The molecule has 1 fully saturated rings. The lowest BCUT2D eigenvalue weighted by Crippen LogP contribution is -2.33. The first-order valence-corrected chi connectivity index (χ1v) is 10.4. The first kappa shape index (κ1) is 20.7. The Bertz CT molecular complexity index is 807. The molecule has 1 N–H and O–H groups in total. The predicted octanol–water partition coefficient (Wildman–Crippen LogP) is 5.02. The van der Waals surface area contributed by atoms with Gasteiger partial charge >= 0.3 is 0 Å². The Balaban J connectivity index is 1.63. The second kappa shape index (κ2) is 9.44. The number of piperidine rings is 1. The molecule has 1 aliphatic heterocycles. The molecule has 2 aromatic carbocycles. The van der Waals surface area contributed by atoms with Gasteiger partial charge in [-0.15, -0.1) is 0 Å². The molecule has 150 valence electrons. The summed E-state index contributed by atoms with van der Waals surface area (Å²) < 4.78 is 0. The van der Waals surface area contributed by atoms with Crippen LogP contribution in [0.5, 0.6) is 0 Å². The van der Waals surface area contributed by atoms with Crippen LogP contribution in [0.15, 0.2) is 36.4 Å². The van der Waals surface area contributed by atoms with Crippen molar-refractivity contribution in [2.24, 2.45) is 0 Å². The highest BCUT2D eigenvalue weighted by atomic mass is 35.5. The molecule has 0 spiro atoms. The van der Waals surface area contributed by atoms with Gasteiger partial charge in [-0.2, -0.15) is 0 Å². The number of para-hydroxylation sites is 1. The summed E-state index contributed by atoms with van der Waals surface area (Å²) in [6.45, 7) is 7.25. The molecule has 0 atom stereocenters. The normalized spacial score (nSPS) is 14.4. The molecule has 0 unspecified atom stereocenters. The molecule has 1 aliphatic rings. The molecule has 1 heterocycles. The average molecular weight is 400 g/mol. The van der Waals surface area contributed by atoms with Gasteiger partial charge in [0, 0.05) is 25.3 Å². The summed E-state index contributed by atoms with van der Waals surface area (Å²) in [5.74, 6) is -0.0493. The van der Waals surface area contributed by atoms with Crippen LogP contribution in [0.25, 0.3) is 0 Å². The van der Waals surface area contributed by atoms with Crippen molar-refractivity contribution in [3.05, 3.63) is 58.1 Å². The fourth-order valence-corrected chi connectivity index (χ4v) is 4.30. The fraction of sp³-hybridized carbons (Fsp3) is 0.435. The molecule has 4 nitrogen and oxygen atoms in total. The number of carbonyl (C=O) groups excluding carboxylic acids is 1. The molecule has 1 saturated heterocycles. The molecule has 5 heteroatoms. The van der Waals surface area contributed by atoms with E-state index >= 15 is 0 Å². The Morgan fingerprint density at radius 1 is 1.14 bits per heavy atom. The fourth-order valence-electron chi connectivity index (χ4n) is 3.93. The quantitative estimate of drug-likeness (QED) is 0.740. The predicted molar refractivity (Wildman–Crippen MR) is 118 cm³/mol. The van der Waals surface area contributed by atoms with E-state index in [9.17, 15) is 4.79 Å². The number of aryl methyl sites for hydroxylation is 2. The number of nitrogens with zero attached hydrogens (tertiary/aromatic N) is 2. The topological polar surface area (TPSA) is 35.6 Å². The van der Waals surface area contributed by atoms with E-state index < -0.39 is 0 Å². The zero-order valence-corrected chi connectivity index (χ0v) is 17.9. The largest absolute Gasteiger partial charge is 0.371 e. The van der Waals surface area contributed by atoms with Crippen molar-refractivity contribution in [3.8, 4) is 0 Å².